The van der Waals surface area contributed by atoms with Crippen molar-refractivity contribution in [2.24, 2.45) is 16.6 Å². The number of carbonyl (C=O) groups is 1. The van der Waals surface area contributed by atoms with Crippen LogP contribution in [0.4, 0.5) is 4.79 Å². The second-order valence-corrected chi connectivity index (χ2v) is 9.32. The highest BCUT2D eigenvalue weighted by atomic mass is 35.5. The molecule has 1 aliphatic heterocycles. The third-order valence-electron chi connectivity index (χ3n) is 5.85. The van der Waals surface area contributed by atoms with E-state index in [0.717, 1.165) is 34.3 Å². The molecule has 0 spiro atoms. The van der Waals surface area contributed by atoms with Crippen molar-refractivity contribution < 1.29 is 14.3 Å². The quantitative estimate of drug-likeness (QED) is 0.320. The Morgan fingerprint density at radius 2 is 2.09 bits per heavy atom. The number of nitrogens with one attached hydrogen (secondary N) is 1. The van der Waals surface area contributed by atoms with Crippen LogP contribution in [-0.4, -0.2) is 48.5 Å². The van der Waals surface area contributed by atoms with Crippen LogP contribution in [0.3, 0.4) is 0 Å². The number of fused-ring (bicyclic) bond motifs is 3. The lowest BCUT2D eigenvalue weighted by atomic mass is 9.92. The van der Waals surface area contributed by atoms with Crippen LogP contribution in [0.5, 0.6) is 5.75 Å². The molecule has 1 atom stereocenters. The zero-order valence-corrected chi connectivity index (χ0v) is 20.8. The first-order chi connectivity index (χ1) is 17.0. The smallest absolute Gasteiger partial charge is 0.410 e. The van der Waals surface area contributed by atoms with Gasteiger partial charge in [0.15, 0.2) is 0 Å². The average molecular weight is 495 g/mol. The summed E-state index contributed by atoms with van der Waals surface area (Å²) in [4.78, 5) is 22.6. The number of hydrogen-bond donors (Lipinski definition) is 2. The second kappa shape index (κ2) is 11.3. The monoisotopic (exact) mass is 494 g/mol. The molecule has 8 heteroatoms. The number of allylic oxidation sites excluding steroid dienone is 1. The number of benzene rings is 2. The number of carbonyl (C=O) groups excluding carboxylic acids is 1. The number of aromatic amines is 1. The molecule has 1 aromatic heterocycles. The summed E-state index contributed by atoms with van der Waals surface area (Å²) in [7, 11) is 0. The molecule has 1 amide bonds. The number of nitrogens with two attached hydrogens (primary N) is 1. The lowest BCUT2D eigenvalue weighted by Crippen LogP contribution is -2.41. The van der Waals surface area contributed by atoms with Gasteiger partial charge in [-0.25, -0.2) is 4.79 Å². The van der Waals surface area contributed by atoms with Gasteiger partial charge in [-0.15, -0.1) is 0 Å². The largest absolute Gasteiger partial charge is 0.492 e. The van der Waals surface area contributed by atoms with E-state index in [2.05, 4.69) is 9.98 Å². The Balaban J connectivity index is 1.61. The Morgan fingerprint density at radius 1 is 1.29 bits per heavy atom. The predicted molar refractivity (Wildman–Crippen MR) is 140 cm³/mol. The summed E-state index contributed by atoms with van der Waals surface area (Å²) in [5.41, 5.74) is 9.44. The Labute approximate surface area is 210 Å². The average Bonchev–Trinajstić information content (AvgIpc) is 3.22. The van der Waals surface area contributed by atoms with Crippen LogP contribution in [0.25, 0.3) is 10.9 Å². The van der Waals surface area contributed by atoms with E-state index in [1.807, 2.05) is 56.3 Å². The van der Waals surface area contributed by atoms with E-state index in [4.69, 9.17) is 26.8 Å². The van der Waals surface area contributed by atoms with Crippen LogP contribution < -0.4 is 10.5 Å². The van der Waals surface area contributed by atoms with Gasteiger partial charge in [0.05, 0.1) is 13.2 Å². The first-order valence-corrected chi connectivity index (χ1v) is 12.2. The molecule has 3 N–H and O–H groups in total. The lowest BCUT2D eigenvalue weighted by molar-refractivity contribution is 0.0797. The summed E-state index contributed by atoms with van der Waals surface area (Å²) < 4.78 is 11.4. The van der Waals surface area contributed by atoms with Gasteiger partial charge in [0.2, 0.25) is 0 Å². The van der Waals surface area contributed by atoms with E-state index in [1.165, 1.54) is 11.8 Å². The zero-order valence-electron chi connectivity index (χ0n) is 20.0. The van der Waals surface area contributed by atoms with E-state index in [-0.39, 0.29) is 18.1 Å². The van der Waals surface area contributed by atoms with E-state index in [0.29, 0.717) is 31.3 Å². The van der Waals surface area contributed by atoms with E-state index in [1.54, 1.807) is 17.2 Å². The summed E-state index contributed by atoms with van der Waals surface area (Å²) >= 11 is 6.29. The summed E-state index contributed by atoms with van der Waals surface area (Å²) in [6.45, 7) is 5.98. The number of ether oxygens (including phenoxy) is 2. The van der Waals surface area contributed by atoms with E-state index < -0.39 is 0 Å². The first-order valence-electron chi connectivity index (χ1n) is 11.8. The standard InChI is InChI=1S/C27H31ClN4O3/c1-18(2)17-35-27(33)32-14-10-22-23-16-20(28)6-9-24(23)31-25(22)26(32)19-4-7-21(8-5-19)34-15-13-30-12-3-11-29/h3-9,11-12,16,18,26,31H,10,13-15,17,29H2,1-2H3. The molecule has 3 aromatic rings. The zero-order chi connectivity index (χ0) is 24.8. The number of aliphatic imine (C=N–C) groups is 1. The number of rotatable bonds is 8. The van der Waals surface area contributed by atoms with Crippen molar-refractivity contribution in [3.63, 3.8) is 0 Å². The summed E-state index contributed by atoms with van der Waals surface area (Å²) in [5.74, 6) is 1.01. The SMILES string of the molecule is CC(C)COC(=O)N1CCc2c([nH]c3ccc(Cl)cc23)C1c1ccc(OCCN=CC=CN)cc1. The highest BCUT2D eigenvalue weighted by Crippen LogP contribution is 2.39. The molecule has 0 saturated carbocycles. The van der Waals surface area contributed by atoms with E-state index in [9.17, 15) is 4.79 Å². The fourth-order valence-corrected chi connectivity index (χ4v) is 4.44. The van der Waals surface area contributed by atoms with Gasteiger partial charge in [-0.3, -0.25) is 9.89 Å². The molecule has 0 radical (unpaired) electrons. The molecule has 1 unspecified atom stereocenters. The molecule has 2 heterocycles. The van der Waals surface area contributed by atoms with Crippen molar-refractivity contribution in [1.29, 1.82) is 0 Å². The third kappa shape index (κ3) is 5.80. The molecule has 4 rings (SSSR count). The van der Waals surface area contributed by atoms with Crippen LogP contribution >= 0.6 is 11.6 Å². The van der Waals surface area contributed by atoms with Gasteiger partial charge in [0.25, 0.3) is 0 Å². The number of amides is 1. The van der Waals surface area contributed by atoms with Crippen molar-refractivity contribution in [3.8, 4) is 5.75 Å². The molecule has 0 aliphatic carbocycles. The maximum Gasteiger partial charge on any atom is 0.410 e. The van der Waals surface area contributed by atoms with Gasteiger partial charge in [-0.2, -0.15) is 0 Å². The highest BCUT2D eigenvalue weighted by Gasteiger charge is 2.35. The van der Waals surface area contributed by atoms with Crippen molar-refractivity contribution >= 4 is 34.8 Å². The van der Waals surface area contributed by atoms with Crippen LogP contribution in [0.1, 0.15) is 36.7 Å². The molecule has 0 saturated heterocycles. The molecule has 0 bridgehead atoms. The molecule has 2 aromatic carbocycles. The summed E-state index contributed by atoms with van der Waals surface area (Å²) in [6.07, 6.45) is 5.17. The van der Waals surface area contributed by atoms with Crippen molar-refractivity contribution in [2.75, 3.05) is 26.3 Å². The molecule has 1 aliphatic rings. The minimum Gasteiger partial charge on any atom is -0.492 e. The normalized spacial score (nSPS) is 15.9. The van der Waals surface area contributed by atoms with Gasteiger partial charge >= 0.3 is 6.09 Å². The maximum atomic E-state index is 13.1. The molecule has 35 heavy (non-hydrogen) atoms. The van der Waals surface area contributed by atoms with Gasteiger partial charge in [-0.05, 0) is 66.1 Å². The Hall–Kier alpha value is -3.45. The van der Waals surface area contributed by atoms with Crippen LogP contribution in [0.2, 0.25) is 5.02 Å². The maximum absolute atomic E-state index is 13.1. The Kier molecular flexibility index (Phi) is 7.98. The second-order valence-electron chi connectivity index (χ2n) is 8.88. The van der Waals surface area contributed by atoms with Crippen LogP contribution in [0, 0.1) is 5.92 Å². The molecular weight excluding hydrogens is 464 g/mol. The fraction of sp³-hybridized carbons (Fsp3) is 0.333. The number of halogens is 1. The van der Waals surface area contributed by atoms with Crippen LogP contribution in [0.15, 0.2) is 59.7 Å². The fourth-order valence-electron chi connectivity index (χ4n) is 4.27. The van der Waals surface area contributed by atoms with E-state index >= 15 is 0 Å². The number of H-pyrrole nitrogens is 1. The van der Waals surface area contributed by atoms with Crippen LogP contribution in [-0.2, 0) is 11.2 Å². The Bertz CT molecular complexity index is 1220. The number of nitrogens with zero attached hydrogens (tertiary/aromatic N) is 2. The van der Waals surface area contributed by atoms with Gasteiger partial charge in [-0.1, -0.05) is 37.6 Å². The van der Waals surface area contributed by atoms with Gasteiger partial charge < -0.3 is 20.2 Å². The minimum atomic E-state index is -0.309. The highest BCUT2D eigenvalue weighted by molar-refractivity contribution is 6.31. The van der Waals surface area contributed by atoms with Crippen molar-refractivity contribution in [2.45, 2.75) is 26.3 Å². The molecule has 0 fully saturated rings. The minimum absolute atomic E-state index is 0.264. The van der Waals surface area contributed by atoms with Crippen molar-refractivity contribution in [1.82, 2.24) is 9.88 Å². The van der Waals surface area contributed by atoms with Gasteiger partial charge in [0, 0.05) is 34.4 Å². The van der Waals surface area contributed by atoms with Crippen molar-refractivity contribution in [3.05, 3.63) is 76.6 Å². The lowest BCUT2D eigenvalue weighted by Gasteiger charge is -2.35. The number of aromatic nitrogens is 1. The topological polar surface area (TPSA) is 92.9 Å². The number of hydrogen-bond acceptors (Lipinski definition) is 5. The summed E-state index contributed by atoms with van der Waals surface area (Å²) in [6, 6.07) is 13.4. The summed E-state index contributed by atoms with van der Waals surface area (Å²) in [5, 5.41) is 1.79. The molecular formula is C27H31ClN4O3. The molecule has 7 nitrogen and oxygen atoms in total. The first kappa shape index (κ1) is 24.7. The van der Waals surface area contributed by atoms with Gasteiger partial charge in [0.1, 0.15) is 18.4 Å². The molecule has 184 valence electrons. The predicted octanol–water partition coefficient (Wildman–Crippen LogP) is 5.48. The Morgan fingerprint density at radius 3 is 2.83 bits per heavy atom. The third-order valence-corrected chi connectivity index (χ3v) is 6.09.